The van der Waals surface area contributed by atoms with Crippen LogP contribution in [0.3, 0.4) is 0 Å². The average Bonchev–Trinajstić information content (AvgIpc) is 2.93. The summed E-state index contributed by atoms with van der Waals surface area (Å²) in [5.41, 5.74) is 1.62. The first-order valence-electron chi connectivity index (χ1n) is 7.01. The number of benzene rings is 2. The molecule has 0 aliphatic carbocycles. The Bertz CT molecular complexity index is 789. The van der Waals surface area contributed by atoms with Crippen LogP contribution in [-0.2, 0) is 12.7 Å². The van der Waals surface area contributed by atoms with Crippen LogP contribution in [0.2, 0.25) is 0 Å². The molecule has 0 aliphatic rings. The summed E-state index contributed by atoms with van der Waals surface area (Å²) in [5.74, 6) is 0. The molecule has 0 unspecified atom stereocenters. The zero-order valence-corrected chi connectivity index (χ0v) is 13.6. The van der Waals surface area contributed by atoms with Gasteiger partial charge in [-0.2, -0.15) is 13.2 Å². The molecule has 0 aliphatic heterocycles. The lowest BCUT2D eigenvalue weighted by molar-refractivity contribution is -0.137. The predicted molar refractivity (Wildman–Crippen MR) is 88.1 cm³/mol. The van der Waals surface area contributed by atoms with Crippen molar-refractivity contribution >= 4 is 15.9 Å². The molecule has 3 aromatic rings. The monoisotopic (exact) mass is 379 g/mol. The second kappa shape index (κ2) is 6.24. The lowest BCUT2D eigenvalue weighted by Crippen LogP contribution is -2.04. The largest absolute Gasteiger partial charge is 0.417 e. The normalized spacial score (nSPS) is 11.7. The first kappa shape index (κ1) is 15.9. The molecule has 118 valence electrons. The second-order valence-electron chi connectivity index (χ2n) is 5.23. The van der Waals surface area contributed by atoms with Crippen molar-refractivity contribution in [3.05, 3.63) is 82.5 Å². The molecular weight excluding hydrogens is 367 g/mol. The van der Waals surface area contributed by atoms with Gasteiger partial charge in [-0.3, -0.25) is 0 Å². The molecule has 0 atom stereocenters. The van der Waals surface area contributed by atoms with Crippen molar-refractivity contribution in [1.29, 1.82) is 0 Å². The molecule has 1 heterocycles. The van der Waals surface area contributed by atoms with Gasteiger partial charge in [0.05, 0.1) is 5.56 Å². The van der Waals surface area contributed by atoms with Crippen LogP contribution in [0.5, 0.6) is 0 Å². The summed E-state index contributed by atoms with van der Waals surface area (Å²) in [6, 6.07) is 17.9. The molecule has 23 heavy (non-hydrogen) atoms. The number of hydrogen-bond acceptors (Lipinski definition) is 0. The Hall–Kier alpha value is -2.01. The molecule has 0 saturated heterocycles. The van der Waals surface area contributed by atoms with E-state index in [2.05, 4.69) is 15.9 Å². The third-order valence-corrected chi connectivity index (χ3v) is 4.09. The Morgan fingerprint density at radius 1 is 0.913 bits per heavy atom. The number of hydrogen-bond donors (Lipinski definition) is 0. The van der Waals surface area contributed by atoms with E-state index in [1.807, 2.05) is 42.5 Å². The summed E-state index contributed by atoms with van der Waals surface area (Å²) in [5, 5.41) is 0. The molecular formula is C18H13BrF3N. The maximum absolute atomic E-state index is 13.1. The van der Waals surface area contributed by atoms with Gasteiger partial charge >= 0.3 is 6.18 Å². The van der Waals surface area contributed by atoms with Gasteiger partial charge < -0.3 is 4.57 Å². The molecule has 0 saturated carbocycles. The van der Waals surface area contributed by atoms with Crippen LogP contribution in [0.25, 0.3) is 11.3 Å². The first-order chi connectivity index (χ1) is 10.9. The number of aromatic nitrogens is 1. The zero-order valence-electron chi connectivity index (χ0n) is 12.0. The lowest BCUT2D eigenvalue weighted by Gasteiger charge is -2.09. The Kier molecular flexibility index (Phi) is 4.31. The van der Waals surface area contributed by atoms with Crippen molar-refractivity contribution in [2.24, 2.45) is 0 Å². The molecule has 0 amide bonds. The summed E-state index contributed by atoms with van der Waals surface area (Å²) in [4.78, 5) is 0. The molecule has 0 N–H and O–H groups in total. The van der Waals surface area contributed by atoms with E-state index in [0.717, 1.165) is 15.6 Å². The molecule has 1 aromatic heterocycles. The minimum absolute atomic E-state index is 0.391. The van der Waals surface area contributed by atoms with Gasteiger partial charge in [-0.05, 0) is 29.3 Å². The summed E-state index contributed by atoms with van der Waals surface area (Å²) in [6.07, 6.45) is -3.18. The molecule has 0 fully saturated rings. The van der Waals surface area contributed by atoms with Crippen LogP contribution in [0.15, 0.2) is 71.3 Å². The van der Waals surface area contributed by atoms with Gasteiger partial charge in [0.15, 0.2) is 0 Å². The van der Waals surface area contributed by atoms with Gasteiger partial charge in [-0.15, -0.1) is 0 Å². The fraction of sp³-hybridized carbons (Fsp3) is 0.111. The van der Waals surface area contributed by atoms with Crippen molar-refractivity contribution in [3.63, 3.8) is 0 Å². The SMILES string of the molecule is FC(F)(F)c1cc(-c2ccc(Br)cc2)n(Cc2ccccc2)c1. The fourth-order valence-electron chi connectivity index (χ4n) is 2.44. The number of nitrogens with zero attached hydrogens (tertiary/aromatic N) is 1. The third kappa shape index (κ3) is 3.67. The maximum Gasteiger partial charge on any atom is 0.417 e. The highest BCUT2D eigenvalue weighted by atomic mass is 79.9. The highest BCUT2D eigenvalue weighted by Gasteiger charge is 2.32. The standard InChI is InChI=1S/C18H13BrF3N/c19-16-8-6-14(7-9-16)17-10-15(18(20,21)22)12-23(17)11-13-4-2-1-3-5-13/h1-10,12H,11H2. The predicted octanol–water partition coefficient (Wildman–Crippen LogP) is 5.98. The summed E-state index contributed by atoms with van der Waals surface area (Å²) < 4.78 is 41.8. The lowest BCUT2D eigenvalue weighted by atomic mass is 10.1. The molecule has 2 aromatic carbocycles. The van der Waals surface area contributed by atoms with E-state index in [9.17, 15) is 13.2 Å². The average molecular weight is 380 g/mol. The highest BCUT2D eigenvalue weighted by Crippen LogP contribution is 2.34. The Morgan fingerprint density at radius 2 is 1.57 bits per heavy atom. The number of alkyl halides is 3. The fourth-order valence-corrected chi connectivity index (χ4v) is 2.71. The number of halogens is 4. The Morgan fingerprint density at radius 3 is 2.17 bits per heavy atom. The Balaban J connectivity index is 2.05. The zero-order chi connectivity index (χ0) is 16.4. The number of rotatable bonds is 3. The van der Waals surface area contributed by atoms with Gasteiger partial charge in [0.25, 0.3) is 0 Å². The molecule has 5 heteroatoms. The summed E-state index contributed by atoms with van der Waals surface area (Å²) in [6.45, 7) is 0.391. The quantitative estimate of drug-likeness (QED) is 0.527. The minimum atomic E-state index is -4.36. The van der Waals surface area contributed by atoms with E-state index >= 15 is 0 Å². The van der Waals surface area contributed by atoms with E-state index in [4.69, 9.17) is 0 Å². The van der Waals surface area contributed by atoms with Gasteiger partial charge in [0.1, 0.15) is 0 Å². The van der Waals surface area contributed by atoms with E-state index < -0.39 is 11.7 Å². The van der Waals surface area contributed by atoms with Crippen LogP contribution in [0, 0.1) is 0 Å². The molecule has 0 bridgehead atoms. The second-order valence-corrected chi connectivity index (χ2v) is 6.15. The highest BCUT2D eigenvalue weighted by molar-refractivity contribution is 9.10. The first-order valence-corrected chi connectivity index (χ1v) is 7.80. The van der Waals surface area contributed by atoms with Crippen molar-refractivity contribution in [3.8, 4) is 11.3 Å². The van der Waals surface area contributed by atoms with Crippen molar-refractivity contribution in [2.75, 3.05) is 0 Å². The van der Waals surface area contributed by atoms with Crippen molar-refractivity contribution in [1.82, 2.24) is 4.57 Å². The smallest absolute Gasteiger partial charge is 0.342 e. The van der Waals surface area contributed by atoms with Crippen LogP contribution in [0.4, 0.5) is 13.2 Å². The maximum atomic E-state index is 13.1. The van der Waals surface area contributed by atoms with Gasteiger partial charge in [0, 0.05) is 22.9 Å². The van der Waals surface area contributed by atoms with Gasteiger partial charge in [0.2, 0.25) is 0 Å². The van der Waals surface area contributed by atoms with Gasteiger partial charge in [-0.25, -0.2) is 0 Å². The van der Waals surface area contributed by atoms with E-state index in [1.165, 1.54) is 12.3 Å². The summed E-state index contributed by atoms with van der Waals surface area (Å²) in [7, 11) is 0. The van der Waals surface area contributed by atoms with Gasteiger partial charge in [-0.1, -0.05) is 58.4 Å². The van der Waals surface area contributed by atoms with E-state index in [1.54, 1.807) is 16.7 Å². The van der Waals surface area contributed by atoms with Crippen molar-refractivity contribution < 1.29 is 13.2 Å². The summed E-state index contributed by atoms with van der Waals surface area (Å²) >= 11 is 3.34. The van der Waals surface area contributed by atoms with Crippen LogP contribution < -0.4 is 0 Å². The van der Waals surface area contributed by atoms with Crippen molar-refractivity contribution in [2.45, 2.75) is 12.7 Å². The Labute approximate surface area is 140 Å². The van der Waals surface area contributed by atoms with Crippen LogP contribution >= 0.6 is 15.9 Å². The minimum Gasteiger partial charge on any atom is -0.342 e. The van der Waals surface area contributed by atoms with E-state index in [0.29, 0.717) is 12.2 Å². The molecule has 0 radical (unpaired) electrons. The third-order valence-electron chi connectivity index (χ3n) is 3.56. The van der Waals surface area contributed by atoms with Crippen LogP contribution in [0.1, 0.15) is 11.1 Å². The molecule has 1 nitrogen and oxygen atoms in total. The van der Waals surface area contributed by atoms with Crippen LogP contribution in [-0.4, -0.2) is 4.57 Å². The molecule has 3 rings (SSSR count). The topological polar surface area (TPSA) is 4.93 Å². The van der Waals surface area contributed by atoms with E-state index in [-0.39, 0.29) is 0 Å². The molecule has 0 spiro atoms.